The predicted molar refractivity (Wildman–Crippen MR) is 96.1 cm³/mol. The van der Waals surface area contributed by atoms with Crippen molar-refractivity contribution in [3.63, 3.8) is 0 Å². The SMILES string of the molecule is CC(C)C(NC(=O)c1cccs1)C(=O)N1CCC2(CCNC2)CC1. The van der Waals surface area contributed by atoms with E-state index in [0.29, 0.717) is 10.3 Å². The highest BCUT2D eigenvalue weighted by molar-refractivity contribution is 7.12. The Kier molecular flexibility index (Phi) is 5.25. The highest BCUT2D eigenvalue weighted by Crippen LogP contribution is 2.37. The number of amides is 2. The first kappa shape index (κ1) is 17.4. The molecule has 132 valence electrons. The number of likely N-dealkylation sites (tertiary alicyclic amines) is 1. The second-order valence-electron chi connectivity index (χ2n) is 7.42. The van der Waals surface area contributed by atoms with Gasteiger partial charge in [0.2, 0.25) is 5.91 Å². The Morgan fingerprint density at radius 2 is 2.04 bits per heavy atom. The largest absolute Gasteiger partial charge is 0.341 e. The first-order valence-corrected chi connectivity index (χ1v) is 9.73. The zero-order valence-corrected chi connectivity index (χ0v) is 15.3. The molecule has 0 aromatic carbocycles. The van der Waals surface area contributed by atoms with Gasteiger partial charge in [0.15, 0.2) is 0 Å². The second kappa shape index (κ2) is 7.23. The molecule has 2 aliphatic heterocycles. The Bertz CT molecular complexity index is 569. The lowest BCUT2D eigenvalue weighted by molar-refractivity contribution is -0.136. The van der Waals surface area contributed by atoms with Crippen molar-refractivity contribution in [3.05, 3.63) is 22.4 Å². The summed E-state index contributed by atoms with van der Waals surface area (Å²) in [6.45, 7) is 7.77. The lowest BCUT2D eigenvalue weighted by atomic mass is 9.77. The van der Waals surface area contributed by atoms with E-state index in [-0.39, 0.29) is 17.7 Å². The minimum Gasteiger partial charge on any atom is -0.341 e. The van der Waals surface area contributed by atoms with Gasteiger partial charge < -0.3 is 15.5 Å². The molecule has 1 aromatic heterocycles. The van der Waals surface area contributed by atoms with E-state index in [1.165, 1.54) is 17.8 Å². The van der Waals surface area contributed by atoms with Gasteiger partial charge in [-0.2, -0.15) is 0 Å². The molecule has 2 fully saturated rings. The van der Waals surface area contributed by atoms with E-state index >= 15 is 0 Å². The Morgan fingerprint density at radius 3 is 2.58 bits per heavy atom. The molecule has 0 radical (unpaired) electrons. The maximum Gasteiger partial charge on any atom is 0.262 e. The van der Waals surface area contributed by atoms with Crippen LogP contribution in [0.3, 0.4) is 0 Å². The van der Waals surface area contributed by atoms with Crippen molar-refractivity contribution in [2.75, 3.05) is 26.2 Å². The van der Waals surface area contributed by atoms with Crippen molar-refractivity contribution in [1.29, 1.82) is 0 Å². The van der Waals surface area contributed by atoms with Gasteiger partial charge in [-0.25, -0.2) is 0 Å². The van der Waals surface area contributed by atoms with Crippen LogP contribution in [0.4, 0.5) is 0 Å². The van der Waals surface area contributed by atoms with Crippen molar-refractivity contribution in [1.82, 2.24) is 15.5 Å². The summed E-state index contributed by atoms with van der Waals surface area (Å²) in [6, 6.07) is 3.20. The normalized spacial score (nSPS) is 21.2. The minimum atomic E-state index is -0.449. The number of nitrogens with zero attached hydrogens (tertiary/aromatic N) is 1. The Hall–Kier alpha value is -1.40. The highest BCUT2D eigenvalue weighted by atomic mass is 32.1. The number of thiophene rings is 1. The number of nitrogens with one attached hydrogen (secondary N) is 2. The standard InChI is InChI=1S/C18H27N3O2S/c1-13(2)15(20-16(22)14-4-3-11-24-14)17(23)21-9-6-18(7-10-21)5-8-19-12-18/h3-4,11,13,15,19H,5-10,12H2,1-2H3,(H,20,22). The summed E-state index contributed by atoms with van der Waals surface area (Å²) in [7, 11) is 0. The van der Waals surface area contributed by atoms with Crippen molar-refractivity contribution in [2.24, 2.45) is 11.3 Å². The number of rotatable bonds is 4. The van der Waals surface area contributed by atoms with E-state index in [4.69, 9.17) is 0 Å². The van der Waals surface area contributed by atoms with Crippen LogP contribution in [0.1, 0.15) is 42.8 Å². The molecule has 2 amide bonds. The monoisotopic (exact) mass is 349 g/mol. The average Bonchev–Trinajstić information content (AvgIpc) is 3.24. The fourth-order valence-corrected chi connectivity index (χ4v) is 4.38. The number of piperidine rings is 1. The molecule has 0 aliphatic carbocycles. The average molecular weight is 350 g/mol. The Labute approximate surface area is 147 Å². The predicted octanol–water partition coefficient (Wildman–Crippen LogP) is 2.10. The van der Waals surface area contributed by atoms with Gasteiger partial charge in [-0.3, -0.25) is 9.59 Å². The quantitative estimate of drug-likeness (QED) is 0.875. The zero-order chi connectivity index (χ0) is 17.2. The summed E-state index contributed by atoms with van der Waals surface area (Å²) in [5.41, 5.74) is 0.393. The lowest BCUT2D eigenvalue weighted by Gasteiger charge is -2.40. The molecule has 1 unspecified atom stereocenters. The third-order valence-corrected chi connectivity index (χ3v) is 6.30. The first-order chi connectivity index (χ1) is 11.5. The minimum absolute atomic E-state index is 0.0655. The molecule has 1 aromatic rings. The van der Waals surface area contributed by atoms with Gasteiger partial charge in [-0.1, -0.05) is 19.9 Å². The van der Waals surface area contributed by atoms with Crippen molar-refractivity contribution >= 4 is 23.2 Å². The Morgan fingerprint density at radius 1 is 1.29 bits per heavy atom. The van der Waals surface area contributed by atoms with Crippen LogP contribution in [0.25, 0.3) is 0 Å². The molecule has 6 heteroatoms. The maximum absolute atomic E-state index is 12.9. The van der Waals surface area contributed by atoms with E-state index < -0.39 is 6.04 Å². The molecule has 1 spiro atoms. The summed E-state index contributed by atoms with van der Waals surface area (Å²) in [6.07, 6.45) is 3.35. The molecular weight excluding hydrogens is 322 g/mol. The van der Waals surface area contributed by atoms with Gasteiger partial charge in [-0.05, 0) is 48.6 Å². The van der Waals surface area contributed by atoms with Gasteiger partial charge in [0.25, 0.3) is 5.91 Å². The highest BCUT2D eigenvalue weighted by Gasteiger charge is 2.39. The van der Waals surface area contributed by atoms with E-state index in [0.717, 1.165) is 39.0 Å². The smallest absolute Gasteiger partial charge is 0.262 e. The molecule has 3 heterocycles. The summed E-state index contributed by atoms with van der Waals surface area (Å²) in [4.78, 5) is 27.9. The van der Waals surface area contributed by atoms with Crippen LogP contribution in [-0.4, -0.2) is 48.9 Å². The van der Waals surface area contributed by atoms with Crippen LogP contribution >= 0.6 is 11.3 Å². The molecule has 0 bridgehead atoms. The first-order valence-electron chi connectivity index (χ1n) is 8.85. The van der Waals surface area contributed by atoms with Crippen LogP contribution in [0.15, 0.2) is 17.5 Å². The van der Waals surface area contributed by atoms with Gasteiger partial charge in [0.1, 0.15) is 6.04 Å². The number of hydrogen-bond donors (Lipinski definition) is 2. The van der Waals surface area contributed by atoms with Gasteiger partial charge >= 0.3 is 0 Å². The number of carbonyl (C=O) groups excluding carboxylic acids is 2. The van der Waals surface area contributed by atoms with Gasteiger partial charge in [0, 0.05) is 19.6 Å². The van der Waals surface area contributed by atoms with Crippen LogP contribution in [0, 0.1) is 11.3 Å². The summed E-state index contributed by atoms with van der Waals surface area (Å²) in [5, 5.41) is 8.27. The molecule has 5 nitrogen and oxygen atoms in total. The summed E-state index contributed by atoms with van der Waals surface area (Å²) in [5.74, 6) is -0.00770. The Balaban J connectivity index is 1.61. The van der Waals surface area contributed by atoms with Gasteiger partial charge in [-0.15, -0.1) is 11.3 Å². The molecule has 0 saturated carbocycles. The molecule has 24 heavy (non-hydrogen) atoms. The molecular formula is C18H27N3O2S. The molecule has 1 atom stereocenters. The molecule has 3 rings (SSSR count). The third-order valence-electron chi connectivity index (χ3n) is 5.43. The lowest BCUT2D eigenvalue weighted by Crippen LogP contribution is -2.54. The van der Waals surface area contributed by atoms with E-state index in [2.05, 4.69) is 10.6 Å². The number of hydrogen-bond acceptors (Lipinski definition) is 4. The van der Waals surface area contributed by atoms with Crippen molar-refractivity contribution in [2.45, 2.75) is 39.2 Å². The topological polar surface area (TPSA) is 61.4 Å². The molecule has 2 N–H and O–H groups in total. The number of carbonyl (C=O) groups is 2. The van der Waals surface area contributed by atoms with Crippen LogP contribution < -0.4 is 10.6 Å². The summed E-state index contributed by atoms with van der Waals surface area (Å²) < 4.78 is 0. The van der Waals surface area contributed by atoms with Crippen LogP contribution in [0.5, 0.6) is 0 Å². The second-order valence-corrected chi connectivity index (χ2v) is 8.37. The van der Waals surface area contributed by atoms with Crippen LogP contribution in [0.2, 0.25) is 0 Å². The van der Waals surface area contributed by atoms with E-state index in [9.17, 15) is 9.59 Å². The van der Waals surface area contributed by atoms with Gasteiger partial charge in [0.05, 0.1) is 4.88 Å². The molecule has 2 saturated heterocycles. The fraction of sp³-hybridized carbons (Fsp3) is 0.667. The zero-order valence-electron chi connectivity index (χ0n) is 14.5. The summed E-state index contributed by atoms with van der Waals surface area (Å²) >= 11 is 1.40. The van der Waals surface area contributed by atoms with Crippen molar-refractivity contribution in [3.8, 4) is 0 Å². The van der Waals surface area contributed by atoms with E-state index in [1.807, 2.05) is 30.2 Å². The fourth-order valence-electron chi connectivity index (χ4n) is 3.75. The van der Waals surface area contributed by atoms with Crippen LogP contribution in [-0.2, 0) is 4.79 Å². The third kappa shape index (κ3) is 3.64. The van der Waals surface area contributed by atoms with Crippen molar-refractivity contribution < 1.29 is 9.59 Å². The maximum atomic E-state index is 12.9. The molecule has 2 aliphatic rings. The van der Waals surface area contributed by atoms with E-state index in [1.54, 1.807) is 6.07 Å².